The van der Waals surface area contributed by atoms with Gasteiger partial charge in [-0.1, -0.05) is 11.6 Å². The minimum absolute atomic E-state index is 0.0678. The highest BCUT2D eigenvalue weighted by atomic mass is 79.9. The van der Waals surface area contributed by atoms with Crippen molar-refractivity contribution in [3.05, 3.63) is 57.7 Å². The van der Waals surface area contributed by atoms with Crippen LogP contribution in [-0.4, -0.2) is 47.0 Å². The van der Waals surface area contributed by atoms with Crippen LogP contribution >= 0.6 is 27.5 Å². The van der Waals surface area contributed by atoms with Gasteiger partial charge in [0.15, 0.2) is 0 Å². The lowest BCUT2D eigenvalue weighted by atomic mass is 10.1. The molecule has 0 amide bonds. The first-order valence-electron chi connectivity index (χ1n) is 9.35. The number of hydrogen-bond acceptors (Lipinski definition) is 4. The van der Waals surface area contributed by atoms with Crippen LogP contribution < -0.4 is 0 Å². The van der Waals surface area contributed by atoms with Crippen molar-refractivity contribution in [3.8, 4) is 22.6 Å². The molecule has 6 nitrogen and oxygen atoms in total. The molecule has 1 aromatic heterocycles. The Morgan fingerprint density at radius 2 is 1.77 bits per heavy atom. The number of aliphatic hydroxyl groups excluding tert-OH is 1. The number of nitrogens with zero attached hydrogens (tertiary/aromatic N) is 2. The number of piperidine rings is 1. The molecule has 31 heavy (non-hydrogen) atoms. The second-order valence-corrected chi connectivity index (χ2v) is 10.3. The van der Waals surface area contributed by atoms with E-state index in [2.05, 4.69) is 25.9 Å². The Kier molecular flexibility index (Phi) is 6.19. The molecule has 11 heteroatoms. The van der Waals surface area contributed by atoms with Crippen molar-refractivity contribution in [2.24, 2.45) is 0 Å². The van der Waals surface area contributed by atoms with E-state index >= 15 is 0 Å². The molecule has 0 atom stereocenters. The third kappa shape index (κ3) is 4.40. The van der Waals surface area contributed by atoms with Crippen LogP contribution in [0.2, 0.25) is 5.02 Å². The third-order valence-corrected chi connectivity index (χ3v) is 8.24. The average Bonchev–Trinajstić information content (AvgIpc) is 3.22. The summed E-state index contributed by atoms with van der Waals surface area (Å²) in [4.78, 5) is 7.19. The number of aromatic amines is 1. The number of imidazole rings is 1. The second-order valence-electron chi connectivity index (χ2n) is 7.17. The number of sulfonamides is 1. The van der Waals surface area contributed by atoms with Crippen LogP contribution in [0.25, 0.3) is 22.6 Å². The Labute approximate surface area is 191 Å². The molecule has 1 saturated heterocycles. The molecule has 164 valence electrons. The number of hydrogen-bond donors (Lipinski definition) is 2. The molecule has 1 aliphatic heterocycles. The fourth-order valence-corrected chi connectivity index (χ4v) is 5.59. The predicted octanol–water partition coefficient (Wildman–Crippen LogP) is 4.58. The van der Waals surface area contributed by atoms with Crippen LogP contribution in [0.15, 0.2) is 45.9 Å². The number of aromatic nitrogens is 2. The molecular weight excluding hydrogens is 516 g/mol. The van der Waals surface area contributed by atoms with E-state index in [1.165, 1.54) is 22.6 Å². The van der Waals surface area contributed by atoms with Gasteiger partial charge in [-0.25, -0.2) is 22.2 Å². The number of nitrogens with one attached hydrogen (secondary N) is 1. The van der Waals surface area contributed by atoms with Crippen molar-refractivity contribution in [3.63, 3.8) is 0 Å². The van der Waals surface area contributed by atoms with Crippen LogP contribution in [-0.2, 0) is 10.0 Å². The lowest BCUT2D eigenvalue weighted by Gasteiger charge is -2.29. The van der Waals surface area contributed by atoms with E-state index in [1.807, 2.05) is 0 Å². The van der Waals surface area contributed by atoms with E-state index in [0.717, 1.165) is 12.1 Å². The maximum atomic E-state index is 13.9. The van der Waals surface area contributed by atoms with Crippen LogP contribution in [0, 0.1) is 11.6 Å². The smallest absolute Gasteiger partial charge is 0.244 e. The van der Waals surface area contributed by atoms with Gasteiger partial charge < -0.3 is 10.1 Å². The molecule has 0 aliphatic carbocycles. The summed E-state index contributed by atoms with van der Waals surface area (Å²) in [6.45, 7) is 0.408. The number of rotatable bonds is 4. The van der Waals surface area contributed by atoms with Crippen LogP contribution in [0.5, 0.6) is 0 Å². The number of halogens is 4. The van der Waals surface area contributed by atoms with Crippen molar-refractivity contribution in [2.45, 2.75) is 23.8 Å². The average molecular weight is 533 g/mol. The number of benzene rings is 2. The molecule has 0 saturated carbocycles. The minimum atomic E-state index is -3.86. The zero-order valence-corrected chi connectivity index (χ0v) is 19.1. The van der Waals surface area contributed by atoms with Gasteiger partial charge in [0, 0.05) is 30.4 Å². The minimum Gasteiger partial charge on any atom is -0.393 e. The summed E-state index contributed by atoms with van der Waals surface area (Å²) in [5.74, 6) is -1.20. The molecule has 0 radical (unpaired) electrons. The number of H-pyrrole nitrogens is 1. The van der Waals surface area contributed by atoms with Gasteiger partial charge in [-0.3, -0.25) is 0 Å². The van der Waals surface area contributed by atoms with Crippen LogP contribution in [0.4, 0.5) is 8.78 Å². The Hall–Kier alpha value is -1.85. The summed E-state index contributed by atoms with van der Waals surface area (Å²) >= 11 is 9.02. The Morgan fingerprint density at radius 1 is 1.13 bits per heavy atom. The lowest BCUT2D eigenvalue weighted by Crippen LogP contribution is -2.40. The van der Waals surface area contributed by atoms with E-state index in [-0.39, 0.29) is 33.0 Å². The summed E-state index contributed by atoms with van der Waals surface area (Å²) in [5.41, 5.74) is 0.975. The monoisotopic (exact) mass is 531 g/mol. The van der Waals surface area contributed by atoms with Crippen molar-refractivity contribution in [1.29, 1.82) is 0 Å². The summed E-state index contributed by atoms with van der Waals surface area (Å²) < 4.78 is 54.9. The zero-order chi connectivity index (χ0) is 22.3. The van der Waals surface area contributed by atoms with Crippen molar-refractivity contribution in [2.75, 3.05) is 13.1 Å². The zero-order valence-electron chi connectivity index (χ0n) is 15.9. The van der Waals surface area contributed by atoms with Crippen LogP contribution in [0.1, 0.15) is 12.8 Å². The van der Waals surface area contributed by atoms with E-state index in [4.69, 9.17) is 11.6 Å². The Balaban J connectivity index is 1.68. The quantitative estimate of drug-likeness (QED) is 0.482. The molecule has 3 aromatic rings. The van der Waals surface area contributed by atoms with E-state index in [1.54, 1.807) is 6.07 Å². The molecule has 0 bridgehead atoms. The van der Waals surface area contributed by atoms with Gasteiger partial charge in [0.05, 0.1) is 21.3 Å². The molecule has 2 heterocycles. The maximum absolute atomic E-state index is 13.9. The Bertz CT molecular complexity index is 1220. The number of aliphatic hydroxyl groups is 1. The largest absolute Gasteiger partial charge is 0.393 e. The first-order chi connectivity index (χ1) is 14.7. The van der Waals surface area contributed by atoms with Crippen molar-refractivity contribution in [1.82, 2.24) is 14.3 Å². The highest BCUT2D eigenvalue weighted by molar-refractivity contribution is 9.10. The van der Waals surface area contributed by atoms with Crippen molar-refractivity contribution < 1.29 is 22.3 Å². The standard InChI is InChI=1S/C20H17BrClF2N3O3S/c21-19-15(23)7-12(8-16(19)24)17-10-25-20(26-17)11-1-2-14(22)18(9-11)31(29,30)27-5-3-13(28)4-6-27/h1-2,7-10,13,28H,3-6H2,(H,25,26). The van der Waals surface area contributed by atoms with Gasteiger partial charge in [0.25, 0.3) is 0 Å². The normalized spacial score (nSPS) is 16.0. The first-order valence-corrected chi connectivity index (χ1v) is 12.0. The Morgan fingerprint density at radius 3 is 2.42 bits per heavy atom. The van der Waals surface area contributed by atoms with Gasteiger partial charge in [-0.15, -0.1) is 0 Å². The summed E-state index contributed by atoms with van der Waals surface area (Å²) in [7, 11) is -3.86. The summed E-state index contributed by atoms with van der Waals surface area (Å²) in [6.07, 6.45) is 1.69. The highest BCUT2D eigenvalue weighted by Gasteiger charge is 2.30. The fraction of sp³-hybridized carbons (Fsp3) is 0.250. The van der Waals surface area contributed by atoms with E-state index < -0.39 is 27.8 Å². The van der Waals surface area contributed by atoms with Gasteiger partial charge >= 0.3 is 0 Å². The SMILES string of the molecule is O=S(=O)(c1cc(-c2nc(-c3cc(F)c(Br)c(F)c3)c[nH]2)ccc1Cl)N1CCC(O)CC1. The molecule has 2 N–H and O–H groups in total. The highest BCUT2D eigenvalue weighted by Crippen LogP contribution is 2.32. The fourth-order valence-electron chi connectivity index (χ4n) is 3.39. The predicted molar refractivity (Wildman–Crippen MR) is 116 cm³/mol. The topological polar surface area (TPSA) is 86.3 Å². The molecule has 0 unspecified atom stereocenters. The molecule has 4 rings (SSSR count). The molecular formula is C20H17BrClF2N3O3S. The van der Waals surface area contributed by atoms with Gasteiger partial charge in [0.1, 0.15) is 22.4 Å². The van der Waals surface area contributed by atoms with Gasteiger partial charge in [-0.05, 0) is 59.1 Å². The van der Waals surface area contributed by atoms with E-state index in [9.17, 15) is 22.3 Å². The third-order valence-electron chi connectivity index (χ3n) is 5.10. The molecule has 0 spiro atoms. The maximum Gasteiger partial charge on any atom is 0.244 e. The summed E-state index contributed by atoms with van der Waals surface area (Å²) in [5, 5.41) is 9.72. The second kappa shape index (κ2) is 8.59. The molecule has 1 fully saturated rings. The lowest BCUT2D eigenvalue weighted by molar-refractivity contribution is 0.113. The summed E-state index contributed by atoms with van der Waals surface area (Å²) in [6, 6.07) is 6.77. The van der Waals surface area contributed by atoms with Crippen LogP contribution in [0.3, 0.4) is 0 Å². The molecule has 1 aliphatic rings. The van der Waals surface area contributed by atoms with Crippen molar-refractivity contribution >= 4 is 37.6 Å². The molecule has 2 aromatic carbocycles. The van der Waals surface area contributed by atoms with E-state index in [0.29, 0.717) is 29.9 Å². The first kappa shape index (κ1) is 22.3. The van der Waals surface area contributed by atoms with Gasteiger partial charge in [-0.2, -0.15) is 4.31 Å². The van der Waals surface area contributed by atoms with Gasteiger partial charge in [0.2, 0.25) is 10.0 Å².